The van der Waals surface area contributed by atoms with Crippen LogP contribution < -0.4 is 21.6 Å². The number of aryl methyl sites for hydroxylation is 1. The van der Waals surface area contributed by atoms with Crippen molar-refractivity contribution in [2.45, 2.75) is 121 Å². The average Bonchev–Trinajstić information content (AvgIpc) is 3.79. The molecule has 3 saturated carbocycles. The number of hydrogen-bond acceptors (Lipinski definition) is 10. The Labute approximate surface area is 379 Å². The van der Waals surface area contributed by atoms with E-state index in [9.17, 15) is 37.5 Å². The number of hydrogen-bond donors (Lipinski definition) is 4. The van der Waals surface area contributed by atoms with E-state index in [1.54, 1.807) is 48.9 Å². The molecule has 65 heavy (non-hydrogen) atoms. The molecule has 4 aliphatic rings. The van der Waals surface area contributed by atoms with Gasteiger partial charge in [-0.15, -0.1) is 11.3 Å². The Morgan fingerprint density at radius 2 is 1.68 bits per heavy atom. The molecular formula is C48H57F3N8O5S. The number of halogens is 3. The van der Waals surface area contributed by atoms with Crippen molar-refractivity contribution in [1.82, 2.24) is 29.3 Å². The first-order chi connectivity index (χ1) is 30.9. The summed E-state index contributed by atoms with van der Waals surface area (Å²) in [6, 6.07) is 12.4. The van der Waals surface area contributed by atoms with E-state index in [2.05, 4.69) is 32.9 Å². The number of amides is 3. The van der Waals surface area contributed by atoms with Crippen LogP contribution in [0.4, 0.5) is 24.5 Å². The van der Waals surface area contributed by atoms with Gasteiger partial charge in [0, 0.05) is 49.8 Å². The minimum absolute atomic E-state index is 0.206. The predicted molar refractivity (Wildman–Crippen MR) is 244 cm³/mol. The van der Waals surface area contributed by atoms with Crippen molar-refractivity contribution in [2.75, 3.05) is 30.8 Å². The molecule has 1 saturated heterocycles. The Balaban J connectivity index is 0.752. The molecular weight excluding hydrogens is 858 g/mol. The van der Waals surface area contributed by atoms with E-state index in [0.29, 0.717) is 57.9 Å². The maximum absolute atomic E-state index is 13.4. The number of alkyl halides is 3. The largest absolute Gasteiger partial charge is 0.433 e. The minimum atomic E-state index is -4.69. The van der Waals surface area contributed by atoms with Gasteiger partial charge in [0.2, 0.25) is 11.8 Å². The lowest BCUT2D eigenvalue weighted by Crippen LogP contribution is -2.47. The topological polar surface area (TPSA) is 163 Å². The first-order valence-corrected chi connectivity index (χ1v) is 23.7. The van der Waals surface area contributed by atoms with E-state index in [1.165, 1.54) is 49.2 Å². The number of nitrogens with zero attached hydrogens (tertiary/aromatic N) is 5. The van der Waals surface area contributed by atoms with Crippen LogP contribution in [-0.4, -0.2) is 73.0 Å². The molecule has 1 aliphatic heterocycles. The Morgan fingerprint density at radius 1 is 0.954 bits per heavy atom. The molecule has 346 valence electrons. The number of carbonyl (C=O) groups excluding carboxylic acids is 3. The third-order valence-electron chi connectivity index (χ3n) is 14.8. The molecule has 4 N–H and O–H groups in total. The van der Waals surface area contributed by atoms with Gasteiger partial charge in [-0.3, -0.25) is 28.8 Å². The van der Waals surface area contributed by atoms with Crippen LogP contribution in [0.5, 0.6) is 0 Å². The van der Waals surface area contributed by atoms with Gasteiger partial charge in [-0.2, -0.15) is 13.2 Å². The van der Waals surface area contributed by atoms with E-state index in [0.717, 1.165) is 71.8 Å². The van der Waals surface area contributed by atoms with Crippen LogP contribution in [0.3, 0.4) is 0 Å². The van der Waals surface area contributed by atoms with Gasteiger partial charge in [-0.05, 0) is 145 Å². The van der Waals surface area contributed by atoms with Gasteiger partial charge < -0.3 is 20.6 Å². The van der Waals surface area contributed by atoms with Crippen molar-refractivity contribution in [3.63, 3.8) is 0 Å². The zero-order valence-electron chi connectivity index (χ0n) is 37.3. The molecule has 1 atom stereocenters. The van der Waals surface area contributed by atoms with Crippen molar-refractivity contribution in [2.24, 2.45) is 24.3 Å². The van der Waals surface area contributed by atoms with Crippen molar-refractivity contribution in [3.05, 3.63) is 81.0 Å². The van der Waals surface area contributed by atoms with Crippen LogP contribution in [0.25, 0.3) is 21.3 Å². The number of imide groups is 1. The highest BCUT2D eigenvalue weighted by molar-refractivity contribution is 7.18. The fourth-order valence-corrected chi connectivity index (χ4v) is 12.4. The zero-order chi connectivity index (χ0) is 46.0. The highest BCUT2D eigenvalue weighted by atomic mass is 32.1. The van der Waals surface area contributed by atoms with Crippen molar-refractivity contribution in [1.29, 1.82) is 0 Å². The van der Waals surface area contributed by atoms with Crippen molar-refractivity contribution < 1.29 is 32.7 Å². The molecule has 9 rings (SSSR count). The Morgan fingerprint density at radius 3 is 2.37 bits per heavy atom. The van der Waals surface area contributed by atoms with E-state index in [4.69, 9.17) is 4.98 Å². The molecule has 2 aromatic carbocycles. The van der Waals surface area contributed by atoms with Gasteiger partial charge in [-0.25, -0.2) is 14.8 Å². The summed E-state index contributed by atoms with van der Waals surface area (Å²) < 4.78 is 43.8. The highest BCUT2D eigenvalue weighted by Gasteiger charge is 2.46. The van der Waals surface area contributed by atoms with Crippen LogP contribution >= 0.6 is 11.3 Å². The van der Waals surface area contributed by atoms with Crippen LogP contribution in [0, 0.1) is 17.3 Å². The summed E-state index contributed by atoms with van der Waals surface area (Å²) in [6.07, 6.45) is 7.40. The van der Waals surface area contributed by atoms with Gasteiger partial charge in [0.25, 0.3) is 5.91 Å². The average molecular weight is 915 g/mol. The lowest BCUT2D eigenvalue weighted by molar-refractivity contribution is -0.141. The second kappa shape index (κ2) is 17.3. The van der Waals surface area contributed by atoms with Crippen LogP contribution in [-0.2, 0) is 28.4 Å². The number of anilines is 2. The summed E-state index contributed by atoms with van der Waals surface area (Å²) in [5.41, 5.74) is 1.04. The van der Waals surface area contributed by atoms with Gasteiger partial charge >= 0.3 is 11.9 Å². The fraction of sp³-hybridized carbons (Fsp3) is 0.542. The summed E-state index contributed by atoms with van der Waals surface area (Å²) >= 11 is 1.56. The quantitative estimate of drug-likeness (QED) is 0.0953. The number of rotatable bonds is 11. The summed E-state index contributed by atoms with van der Waals surface area (Å²) in [5.74, 6) is -0.0657. The second-order valence-corrected chi connectivity index (χ2v) is 20.8. The zero-order valence-corrected chi connectivity index (χ0v) is 38.1. The third-order valence-corrected chi connectivity index (χ3v) is 15.9. The van der Waals surface area contributed by atoms with Crippen molar-refractivity contribution >= 4 is 61.7 Å². The number of fused-ring (bicyclic) bond motifs is 2. The molecule has 1 spiro atoms. The molecule has 0 bridgehead atoms. The fourth-order valence-electron chi connectivity index (χ4n) is 11.3. The van der Waals surface area contributed by atoms with E-state index in [-0.39, 0.29) is 23.7 Å². The second-order valence-electron chi connectivity index (χ2n) is 19.7. The van der Waals surface area contributed by atoms with Crippen LogP contribution in [0.15, 0.2) is 53.3 Å². The molecule has 0 radical (unpaired) electrons. The van der Waals surface area contributed by atoms with Crippen LogP contribution in [0.1, 0.15) is 130 Å². The molecule has 4 fully saturated rings. The Kier molecular flexibility index (Phi) is 12.0. The van der Waals surface area contributed by atoms with Gasteiger partial charge in [0.1, 0.15) is 17.4 Å². The maximum Gasteiger partial charge on any atom is 0.433 e. The predicted octanol–water partition coefficient (Wildman–Crippen LogP) is 8.48. The number of piperidine rings is 1. The van der Waals surface area contributed by atoms with E-state index < -0.39 is 35.3 Å². The first kappa shape index (κ1) is 45.0. The molecule has 4 heterocycles. The summed E-state index contributed by atoms with van der Waals surface area (Å²) in [7, 11) is 4.02. The Hall–Kier alpha value is -5.13. The molecule has 5 aromatic rings. The summed E-state index contributed by atoms with van der Waals surface area (Å²) in [4.78, 5) is 62.1. The van der Waals surface area contributed by atoms with Crippen LogP contribution in [0.2, 0.25) is 0 Å². The third kappa shape index (κ3) is 9.07. The van der Waals surface area contributed by atoms with Gasteiger partial charge in [0.15, 0.2) is 0 Å². The standard InChI is InChI=1S/C48H57F3N8O5S/c1-46(2,64)31-21-35-38(22-34(31)54-42(61)33-8-6-10-39(53-33)48(49,50)51)65-44(55-35)29-13-11-27(12-14-29)26-57(3)30-17-19-47(20-18-30)23-28(24-47)25-52-32-7-5-9-36-41(32)58(4)45(63)59(36)37-15-16-40(60)56-43(37)62/h5-10,21-22,27-30,37,52,64H,11-20,23-26H2,1-4H3,(H,54,61)(H,56,60,62)/t27-,28-,29-,30-,37?,47?. The number of para-hydroxylation sites is 1. The molecule has 17 heteroatoms. The number of thiazole rings is 1. The number of benzene rings is 2. The molecule has 13 nitrogen and oxygen atoms in total. The lowest BCUT2D eigenvalue weighted by atomic mass is 9.55. The number of nitrogens with one attached hydrogen (secondary N) is 3. The number of imidazole rings is 1. The SMILES string of the molecule is Cn1c(=O)n(C2CCC(=O)NC2=O)c2cccc(NC[C@H]3CC4(CC[C@@H](N(C)C[C@H]5CC[C@H](c6nc7cc(C(C)(C)O)c(NC(=O)c8cccc(C(F)(F)F)n8)cc7s6)CC5)CC4)C3)c21. The minimum Gasteiger partial charge on any atom is -0.386 e. The number of aliphatic hydroxyl groups is 1. The molecule has 3 aliphatic carbocycles. The summed E-state index contributed by atoms with van der Waals surface area (Å²) in [5, 5.41) is 20.8. The van der Waals surface area contributed by atoms with Gasteiger partial charge in [0.05, 0.1) is 37.5 Å². The highest BCUT2D eigenvalue weighted by Crippen LogP contribution is 2.55. The Bertz CT molecular complexity index is 2700. The smallest absolute Gasteiger partial charge is 0.386 e. The van der Waals surface area contributed by atoms with E-state index in [1.807, 2.05) is 18.2 Å². The number of carbonyl (C=O) groups is 3. The maximum atomic E-state index is 13.4. The monoisotopic (exact) mass is 914 g/mol. The van der Waals surface area contributed by atoms with E-state index >= 15 is 0 Å². The first-order valence-electron chi connectivity index (χ1n) is 22.9. The van der Waals surface area contributed by atoms with Gasteiger partial charge in [-0.1, -0.05) is 12.1 Å². The number of aromatic nitrogens is 4. The number of pyridine rings is 1. The normalized spacial score (nSPS) is 25.3. The molecule has 1 unspecified atom stereocenters. The summed E-state index contributed by atoms with van der Waals surface area (Å²) in [6.45, 7) is 5.09. The molecule has 3 aromatic heterocycles. The van der Waals surface area contributed by atoms with Crippen molar-refractivity contribution in [3.8, 4) is 0 Å². The lowest BCUT2D eigenvalue weighted by Gasteiger charge is -2.53. The molecule has 3 amide bonds.